The summed E-state index contributed by atoms with van der Waals surface area (Å²) in [6, 6.07) is 0.573. The molecule has 2 heteroatoms. The largest absolute Gasteiger partial charge is 0.384 e. The van der Waals surface area contributed by atoms with Crippen LogP contribution in [0.1, 0.15) is 46.0 Å². The van der Waals surface area contributed by atoms with Crippen molar-refractivity contribution >= 4 is 0 Å². The molecule has 2 N–H and O–H groups in total. The second-order valence-corrected chi connectivity index (χ2v) is 6.58. The lowest BCUT2D eigenvalue weighted by molar-refractivity contribution is 0.510. The van der Waals surface area contributed by atoms with Gasteiger partial charge in [0.25, 0.3) is 0 Å². The second-order valence-electron chi connectivity index (χ2n) is 6.58. The number of fused-ring (bicyclic) bond motifs is 1. The van der Waals surface area contributed by atoms with Crippen LogP contribution in [0.15, 0.2) is 45.8 Å². The minimum absolute atomic E-state index is 0.573. The molecule has 0 bridgehead atoms. The average molecular weight is 268 g/mol. The summed E-state index contributed by atoms with van der Waals surface area (Å²) in [6.45, 7) is 5.65. The summed E-state index contributed by atoms with van der Waals surface area (Å²) in [5.41, 5.74) is 9.36. The zero-order chi connectivity index (χ0) is 13.7. The van der Waals surface area contributed by atoms with Crippen molar-refractivity contribution in [3.63, 3.8) is 0 Å². The molecule has 2 nitrogen and oxygen atoms in total. The molecule has 4 aliphatic rings. The van der Waals surface area contributed by atoms with Gasteiger partial charge < -0.3 is 10.6 Å². The molecule has 0 aromatic heterocycles. The van der Waals surface area contributed by atoms with Gasteiger partial charge in [0.15, 0.2) is 0 Å². The van der Waals surface area contributed by atoms with E-state index >= 15 is 0 Å². The molecule has 20 heavy (non-hydrogen) atoms. The van der Waals surface area contributed by atoms with E-state index in [0.29, 0.717) is 6.04 Å². The third-order valence-electron chi connectivity index (χ3n) is 5.20. The van der Waals surface area contributed by atoms with E-state index in [2.05, 4.69) is 36.6 Å². The van der Waals surface area contributed by atoms with Crippen LogP contribution in [0.3, 0.4) is 0 Å². The van der Waals surface area contributed by atoms with Crippen molar-refractivity contribution in [2.24, 2.45) is 5.92 Å². The van der Waals surface area contributed by atoms with Gasteiger partial charge in [-0.25, -0.2) is 0 Å². The van der Waals surface area contributed by atoms with Crippen molar-refractivity contribution in [1.82, 2.24) is 10.6 Å². The van der Waals surface area contributed by atoms with Gasteiger partial charge in [-0.1, -0.05) is 19.4 Å². The summed E-state index contributed by atoms with van der Waals surface area (Å²) < 4.78 is 0. The molecule has 1 fully saturated rings. The molecule has 4 rings (SSSR count). The third kappa shape index (κ3) is 1.70. The van der Waals surface area contributed by atoms with Crippen LogP contribution >= 0.6 is 0 Å². The smallest absolute Gasteiger partial charge is 0.0479 e. The zero-order valence-corrected chi connectivity index (χ0v) is 12.6. The number of allylic oxidation sites excluding steroid dienone is 6. The van der Waals surface area contributed by atoms with Gasteiger partial charge in [-0.05, 0) is 61.0 Å². The molecule has 2 unspecified atom stereocenters. The van der Waals surface area contributed by atoms with E-state index in [0.717, 1.165) is 12.5 Å². The van der Waals surface area contributed by atoms with Crippen LogP contribution in [-0.4, -0.2) is 12.6 Å². The van der Waals surface area contributed by atoms with Crippen LogP contribution in [0.2, 0.25) is 0 Å². The molecule has 0 spiro atoms. The first-order valence-corrected chi connectivity index (χ1v) is 8.13. The number of hydrogen-bond acceptors (Lipinski definition) is 2. The number of nitrogens with one attached hydrogen (secondary N) is 2. The van der Waals surface area contributed by atoms with Crippen molar-refractivity contribution in [2.75, 3.05) is 6.54 Å². The molecule has 2 heterocycles. The topological polar surface area (TPSA) is 24.1 Å². The highest BCUT2D eigenvalue weighted by Crippen LogP contribution is 2.47. The van der Waals surface area contributed by atoms with E-state index in [-0.39, 0.29) is 0 Å². The van der Waals surface area contributed by atoms with Crippen molar-refractivity contribution < 1.29 is 0 Å². The van der Waals surface area contributed by atoms with Gasteiger partial charge in [0.1, 0.15) is 0 Å². The predicted molar refractivity (Wildman–Crippen MR) is 83.1 cm³/mol. The monoisotopic (exact) mass is 268 g/mol. The van der Waals surface area contributed by atoms with Crippen LogP contribution in [0.4, 0.5) is 0 Å². The van der Waals surface area contributed by atoms with Gasteiger partial charge in [0.2, 0.25) is 0 Å². The Bertz CT molecular complexity index is 574. The van der Waals surface area contributed by atoms with Crippen molar-refractivity contribution in [1.29, 1.82) is 0 Å². The molecule has 0 aromatic rings. The molecule has 0 aromatic carbocycles. The van der Waals surface area contributed by atoms with E-state index in [1.165, 1.54) is 43.5 Å². The standard InChI is InChI=1S/C18H24N2/c1-3-5-16-15-9-12-10-19-17-7-4-6-13(18(12)17)14(15)8-11(2)20-16/h7-8,12,16,19-20H,3-6,9-10H2,1-2H3. The summed E-state index contributed by atoms with van der Waals surface area (Å²) in [5.74, 6) is 0.725. The van der Waals surface area contributed by atoms with Crippen molar-refractivity contribution in [3.8, 4) is 0 Å². The summed E-state index contributed by atoms with van der Waals surface area (Å²) in [7, 11) is 0. The first kappa shape index (κ1) is 12.3. The average Bonchev–Trinajstić information content (AvgIpc) is 2.85. The normalized spacial score (nSPS) is 31.1. The first-order valence-electron chi connectivity index (χ1n) is 8.13. The minimum Gasteiger partial charge on any atom is -0.384 e. The highest BCUT2D eigenvalue weighted by Gasteiger charge is 2.38. The summed E-state index contributed by atoms with van der Waals surface area (Å²) in [5, 5.41) is 7.35. The SMILES string of the molecule is CCCC1NC(C)=CC2=C1CC1CNC3=CCCC2=C31. The molecule has 0 radical (unpaired) electrons. The van der Waals surface area contributed by atoms with E-state index in [1.54, 1.807) is 22.3 Å². The predicted octanol–water partition coefficient (Wildman–Crippen LogP) is 3.56. The fourth-order valence-corrected chi connectivity index (χ4v) is 4.43. The molecular weight excluding hydrogens is 244 g/mol. The van der Waals surface area contributed by atoms with Gasteiger partial charge in [-0.3, -0.25) is 0 Å². The zero-order valence-electron chi connectivity index (χ0n) is 12.6. The maximum absolute atomic E-state index is 3.72. The Kier molecular flexibility index (Phi) is 2.80. The summed E-state index contributed by atoms with van der Waals surface area (Å²) >= 11 is 0. The second kappa shape index (κ2) is 4.54. The number of hydrogen-bond donors (Lipinski definition) is 2. The van der Waals surface area contributed by atoms with Crippen LogP contribution < -0.4 is 10.6 Å². The van der Waals surface area contributed by atoms with Crippen molar-refractivity contribution in [2.45, 2.75) is 52.0 Å². The molecule has 2 aliphatic heterocycles. The van der Waals surface area contributed by atoms with Crippen LogP contribution in [0.5, 0.6) is 0 Å². The van der Waals surface area contributed by atoms with Gasteiger partial charge >= 0.3 is 0 Å². The minimum atomic E-state index is 0.573. The molecule has 106 valence electrons. The van der Waals surface area contributed by atoms with E-state index < -0.39 is 0 Å². The van der Waals surface area contributed by atoms with Crippen LogP contribution in [0.25, 0.3) is 0 Å². The van der Waals surface area contributed by atoms with Gasteiger partial charge in [-0.2, -0.15) is 0 Å². The molecule has 0 amide bonds. The maximum atomic E-state index is 3.72. The van der Waals surface area contributed by atoms with E-state index in [4.69, 9.17) is 0 Å². The van der Waals surface area contributed by atoms with Gasteiger partial charge in [0.05, 0.1) is 0 Å². The highest BCUT2D eigenvalue weighted by atomic mass is 15.0. The maximum Gasteiger partial charge on any atom is 0.0479 e. The molecule has 2 aliphatic carbocycles. The fraction of sp³-hybridized carbons (Fsp3) is 0.556. The van der Waals surface area contributed by atoms with Gasteiger partial charge in [0, 0.05) is 29.9 Å². The highest BCUT2D eigenvalue weighted by molar-refractivity contribution is 5.60. The Labute approximate surface area is 121 Å². The Hall–Kier alpha value is -1.44. The molecule has 1 saturated heterocycles. The molecular formula is C18H24N2. The fourth-order valence-electron chi connectivity index (χ4n) is 4.43. The Balaban J connectivity index is 1.83. The van der Waals surface area contributed by atoms with E-state index in [9.17, 15) is 0 Å². The van der Waals surface area contributed by atoms with Crippen LogP contribution in [-0.2, 0) is 0 Å². The lowest BCUT2D eigenvalue weighted by Crippen LogP contribution is -2.36. The Morgan fingerprint density at radius 2 is 2.25 bits per heavy atom. The number of dihydropyridines is 1. The Morgan fingerprint density at radius 1 is 1.35 bits per heavy atom. The lowest BCUT2D eigenvalue weighted by atomic mass is 9.72. The molecule has 0 saturated carbocycles. The Morgan fingerprint density at radius 3 is 3.10 bits per heavy atom. The summed E-state index contributed by atoms with van der Waals surface area (Å²) in [4.78, 5) is 0. The third-order valence-corrected chi connectivity index (χ3v) is 5.20. The quantitative estimate of drug-likeness (QED) is 0.800. The number of rotatable bonds is 2. The molecule has 2 atom stereocenters. The van der Waals surface area contributed by atoms with E-state index in [1.807, 2.05) is 0 Å². The summed E-state index contributed by atoms with van der Waals surface area (Å²) in [6.07, 6.45) is 11.0. The first-order chi connectivity index (χ1) is 9.78. The lowest BCUT2D eigenvalue weighted by Gasteiger charge is -2.37. The van der Waals surface area contributed by atoms with Crippen molar-refractivity contribution in [3.05, 3.63) is 45.8 Å². The van der Waals surface area contributed by atoms with Crippen LogP contribution in [0, 0.1) is 5.92 Å². The van der Waals surface area contributed by atoms with Gasteiger partial charge in [-0.15, -0.1) is 0 Å².